The lowest BCUT2D eigenvalue weighted by Crippen LogP contribution is -2.00. The smallest absolute Gasteiger partial charge is 0.0637 e. The number of nitrogens with zero attached hydrogens (tertiary/aromatic N) is 1. The van der Waals surface area contributed by atoms with Gasteiger partial charge in [-0.25, -0.2) is 0 Å². The van der Waals surface area contributed by atoms with Crippen molar-refractivity contribution in [2.24, 2.45) is 12.5 Å². The van der Waals surface area contributed by atoms with Crippen LogP contribution in [0.2, 0.25) is 0 Å². The van der Waals surface area contributed by atoms with Crippen molar-refractivity contribution in [3.05, 3.63) is 57.7 Å². The molecular formula is C21H20IN. The molecule has 0 atom stereocenters. The van der Waals surface area contributed by atoms with Gasteiger partial charge in [0.15, 0.2) is 0 Å². The van der Waals surface area contributed by atoms with E-state index >= 15 is 0 Å². The van der Waals surface area contributed by atoms with Crippen LogP contribution in [-0.4, -0.2) is 4.57 Å². The molecule has 1 heterocycles. The van der Waals surface area contributed by atoms with Gasteiger partial charge in [0.05, 0.1) is 5.69 Å². The largest absolute Gasteiger partial charge is 0.343 e. The topological polar surface area (TPSA) is 4.93 Å². The van der Waals surface area contributed by atoms with E-state index in [1.807, 2.05) is 0 Å². The summed E-state index contributed by atoms with van der Waals surface area (Å²) < 4.78 is 3.56. The Morgan fingerprint density at radius 2 is 1.61 bits per heavy atom. The van der Waals surface area contributed by atoms with E-state index in [2.05, 4.69) is 115 Å². The number of fused-ring (bicyclic) bond motifs is 1. The van der Waals surface area contributed by atoms with Crippen LogP contribution in [-0.2, 0) is 7.05 Å². The third-order valence-corrected chi connectivity index (χ3v) is 4.89. The number of aryl methyl sites for hydroxylation is 1. The van der Waals surface area contributed by atoms with Crippen molar-refractivity contribution in [3.8, 4) is 23.1 Å². The third-order valence-electron chi connectivity index (χ3n) is 3.80. The number of para-hydroxylation sites is 1. The van der Waals surface area contributed by atoms with E-state index in [9.17, 15) is 0 Å². The second-order valence-electron chi connectivity index (χ2n) is 6.78. The SMILES string of the molecule is Cn1c(-c2ccccc2C#CC(C)(C)C)c(I)c2ccccc21. The highest BCUT2D eigenvalue weighted by Crippen LogP contribution is 2.35. The Hall–Kier alpha value is -1.73. The Morgan fingerprint density at radius 1 is 0.957 bits per heavy atom. The minimum Gasteiger partial charge on any atom is -0.343 e. The van der Waals surface area contributed by atoms with Gasteiger partial charge >= 0.3 is 0 Å². The van der Waals surface area contributed by atoms with Crippen LogP contribution in [0.4, 0.5) is 0 Å². The summed E-state index contributed by atoms with van der Waals surface area (Å²) in [4.78, 5) is 0. The number of rotatable bonds is 1. The highest BCUT2D eigenvalue weighted by Gasteiger charge is 2.16. The third kappa shape index (κ3) is 3.16. The maximum atomic E-state index is 3.38. The molecule has 0 saturated heterocycles. The molecule has 0 unspecified atom stereocenters. The number of aromatic nitrogens is 1. The van der Waals surface area contributed by atoms with Gasteiger partial charge in [0.2, 0.25) is 0 Å². The highest BCUT2D eigenvalue weighted by molar-refractivity contribution is 14.1. The monoisotopic (exact) mass is 413 g/mol. The first-order valence-electron chi connectivity index (χ1n) is 7.74. The second-order valence-corrected chi connectivity index (χ2v) is 7.86. The molecule has 1 aromatic heterocycles. The highest BCUT2D eigenvalue weighted by atomic mass is 127. The lowest BCUT2D eigenvalue weighted by atomic mass is 9.96. The zero-order valence-electron chi connectivity index (χ0n) is 13.9. The van der Waals surface area contributed by atoms with Crippen LogP contribution in [0.1, 0.15) is 26.3 Å². The molecule has 2 heteroatoms. The van der Waals surface area contributed by atoms with Crippen LogP contribution in [0.5, 0.6) is 0 Å². The molecule has 0 amide bonds. The van der Waals surface area contributed by atoms with Gasteiger partial charge in [0.1, 0.15) is 0 Å². The molecule has 0 bridgehead atoms. The van der Waals surface area contributed by atoms with E-state index in [-0.39, 0.29) is 5.41 Å². The molecule has 0 fully saturated rings. The lowest BCUT2D eigenvalue weighted by Gasteiger charge is -2.10. The predicted molar refractivity (Wildman–Crippen MR) is 107 cm³/mol. The summed E-state index contributed by atoms with van der Waals surface area (Å²) in [6, 6.07) is 17.0. The van der Waals surface area contributed by atoms with Gasteiger partial charge in [0.25, 0.3) is 0 Å². The molecule has 3 rings (SSSR count). The van der Waals surface area contributed by atoms with E-state index in [0.29, 0.717) is 0 Å². The van der Waals surface area contributed by atoms with Crippen molar-refractivity contribution in [2.75, 3.05) is 0 Å². The summed E-state index contributed by atoms with van der Waals surface area (Å²) in [7, 11) is 2.13. The fraction of sp³-hybridized carbons (Fsp3) is 0.238. The molecule has 116 valence electrons. The molecule has 0 spiro atoms. The van der Waals surface area contributed by atoms with Crippen molar-refractivity contribution in [1.29, 1.82) is 0 Å². The molecule has 1 nitrogen and oxygen atoms in total. The summed E-state index contributed by atoms with van der Waals surface area (Å²) in [5, 5.41) is 1.30. The summed E-state index contributed by atoms with van der Waals surface area (Å²) in [6.45, 7) is 6.43. The molecule has 0 N–H and O–H groups in total. The van der Waals surface area contributed by atoms with Crippen molar-refractivity contribution >= 4 is 33.5 Å². The molecule has 23 heavy (non-hydrogen) atoms. The van der Waals surface area contributed by atoms with Crippen molar-refractivity contribution < 1.29 is 0 Å². The van der Waals surface area contributed by atoms with E-state index < -0.39 is 0 Å². The Kier molecular flexibility index (Phi) is 4.25. The van der Waals surface area contributed by atoms with Crippen LogP contribution < -0.4 is 0 Å². The summed E-state index contributed by atoms with van der Waals surface area (Å²) in [6.07, 6.45) is 0. The molecule has 0 aliphatic rings. The van der Waals surface area contributed by atoms with Gasteiger partial charge in [-0.3, -0.25) is 0 Å². The van der Waals surface area contributed by atoms with Crippen LogP contribution in [0.3, 0.4) is 0 Å². The summed E-state index contributed by atoms with van der Waals surface area (Å²) in [5.41, 5.74) is 4.79. The van der Waals surface area contributed by atoms with E-state index in [4.69, 9.17) is 0 Å². The van der Waals surface area contributed by atoms with Crippen LogP contribution in [0.25, 0.3) is 22.2 Å². The Morgan fingerprint density at radius 3 is 2.30 bits per heavy atom. The van der Waals surface area contributed by atoms with Gasteiger partial charge in [-0.1, -0.05) is 48.2 Å². The predicted octanol–water partition coefficient (Wildman–Crippen LogP) is 5.85. The molecule has 0 radical (unpaired) electrons. The first-order valence-corrected chi connectivity index (χ1v) is 8.82. The average Bonchev–Trinajstić information content (AvgIpc) is 2.77. The summed E-state index contributed by atoms with van der Waals surface area (Å²) >= 11 is 2.46. The maximum Gasteiger partial charge on any atom is 0.0637 e. The molecule has 2 aromatic carbocycles. The number of halogens is 1. The standard InChI is InChI=1S/C21H20IN/c1-21(2,3)14-13-15-9-5-6-10-16(15)20-19(22)17-11-7-8-12-18(17)23(20)4/h5-12H,1-4H3. The van der Waals surface area contributed by atoms with Crippen LogP contribution in [0.15, 0.2) is 48.5 Å². The zero-order chi connectivity index (χ0) is 16.6. The minimum absolute atomic E-state index is 0.000805. The van der Waals surface area contributed by atoms with Gasteiger partial charge in [-0.15, -0.1) is 0 Å². The van der Waals surface area contributed by atoms with Crippen LogP contribution in [0, 0.1) is 20.8 Å². The van der Waals surface area contributed by atoms with Crippen molar-refractivity contribution in [3.63, 3.8) is 0 Å². The molecular weight excluding hydrogens is 393 g/mol. The van der Waals surface area contributed by atoms with E-state index in [1.165, 1.54) is 25.7 Å². The molecule has 3 aromatic rings. The first-order chi connectivity index (χ1) is 10.9. The van der Waals surface area contributed by atoms with Crippen molar-refractivity contribution in [2.45, 2.75) is 20.8 Å². The van der Waals surface area contributed by atoms with Gasteiger partial charge in [-0.2, -0.15) is 0 Å². The maximum absolute atomic E-state index is 3.38. The number of hydrogen-bond acceptors (Lipinski definition) is 0. The summed E-state index contributed by atoms with van der Waals surface area (Å²) in [5.74, 6) is 6.74. The Bertz CT molecular complexity index is 891. The van der Waals surface area contributed by atoms with Gasteiger partial charge in [-0.05, 0) is 55.5 Å². The Balaban J connectivity index is 2.26. The van der Waals surface area contributed by atoms with Gasteiger partial charge < -0.3 is 4.57 Å². The molecule has 0 aliphatic carbocycles. The Labute approximate surface area is 151 Å². The molecule has 0 aliphatic heterocycles. The van der Waals surface area contributed by atoms with Gasteiger partial charge in [0, 0.05) is 38.1 Å². The minimum atomic E-state index is -0.000805. The fourth-order valence-electron chi connectivity index (χ4n) is 2.70. The fourth-order valence-corrected chi connectivity index (χ4v) is 3.81. The normalized spacial score (nSPS) is 11.3. The quantitative estimate of drug-likeness (QED) is 0.349. The lowest BCUT2D eigenvalue weighted by molar-refractivity contribution is 0.571. The van der Waals surface area contributed by atoms with E-state index in [1.54, 1.807) is 0 Å². The van der Waals surface area contributed by atoms with E-state index in [0.717, 1.165) is 5.56 Å². The first kappa shape index (κ1) is 16.1. The average molecular weight is 413 g/mol. The zero-order valence-corrected chi connectivity index (χ0v) is 16.1. The number of hydrogen-bond donors (Lipinski definition) is 0. The second kappa shape index (κ2) is 6.05. The molecule has 0 saturated carbocycles. The van der Waals surface area contributed by atoms with Crippen molar-refractivity contribution in [1.82, 2.24) is 4.57 Å². The van der Waals surface area contributed by atoms with Crippen LogP contribution >= 0.6 is 22.6 Å². The number of benzene rings is 2.